The molecule has 2 rings (SSSR count). The normalized spacial score (nSPS) is 17.6. The van der Waals surface area contributed by atoms with Crippen molar-refractivity contribution in [3.63, 3.8) is 0 Å². The molecule has 1 aliphatic rings. The van der Waals surface area contributed by atoms with Crippen molar-refractivity contribution in [3.8, 4) is 0 Å². The maximum Gasteiger partial charge on any atom is 0.196 e. The molecule has 1 nitrogen and oxygen atoms in total. The van der Waals surface area contributed by atoms with Gasteiger partial charge in [0.2, 0.25) is 0 Å². The molecule has 4 heteroatoms. The fourth-order valence-corrected chi connectivity index (χ4v) is 2.19. The second-order valence-electron chi connectivity index (χ2n) is 4.80. The van der Waals surface area contributed by atoms with Gasteiger partial charge in [0.1, 0.15) is 0 Å². The minimum Gasteiger partial charge on any atom is -0.380 e. The highest BCUT2D eigenvalue weighted by Gasteiger charge is 2.21. The summed E-state index contributed by atoms with van der Waals surface area (Å²) in [5, 5.41) is 2.90. The molecule has 0 radical (unpaired) electrons. The van der Waals surface area contributed by atoms with Gasteiger partial charge in [0.25, 0.3) is 0 Å². The lowest BCUT2D eigenvalue weighted by Gasteiger charge is -2.29. The van der Waals surface area contributed by atoms with Gasteiger partial charge in [0.05, 0.1) is 5.69 Å². The van der Waals surface area contributed by atoms with Crippen molar-refractivity contribution in [3.05, 3.63) is 29.6 Å². The first-order valence-electron chi connectivity index (χ1n) is 5.98. The van der Waals surface area contributed by atoms with E-state index in [2.05, 4.69) is 5.32 Å². The van der Waals surface area contributed by atoms with Gasteiger partial charge in [0, 0.05) is 6.04 Å². The number of rotatable bonds is 4. The number of benzene rings is 1. The highest BCUT2D eigenvalue weighted by atomic mass is 19.2. The van der Waals surface area contributed by atoms with Crippen LogP contribution in [-0.4, -0.2) is 6.04 Å². The first-order valence-corrected chi connectivity index (χ1v) is 5.98. The van der Waals surface area contributed by atoms with Crippen LogP contribution in [0.1, 0.15) is 32.6 Å². The SMILES string of the molecule is CC(CC1CCC1)Nc1ccc(F)c(F)c1F. The topological polar surface area (TPSA) is 12.0 Å². The first-order chi connectivity index (χ1) is 8.08. The van der Waals surface area contributed by atoms with Crippen LogP contribution in [0.15, 0.2) is 12.1 Å². The summed E-state index contributed by atoms with van der Waals surface area (Å²) in [5.74, 6) is -3.01. The van der Waals surface area contributed by atoms with E-state index in [4.69, 9.17) is 0 Å². The van der Waals surface area contributed by atoms with Gasteiger partial charge in [-0.3, -0.25) is 0 Å². The Hall–Kier alpha value is -1.19. The molecule has 0 bridgehead atoms. The average Bonchev–Trinajstić information content (AvgIpc) is 2.25. The number of halogens is 3. The van der Waals surface area contributed by atoms with Crippen molar-refractivity contribution < 1.29 is 13.2 Å². The summed E-state index contributed by atoms with van der Waals surface area (Å²) in [7, 11) is 0. The van der Waals surface area contributed by atoms with Crippen LogP contribution in [0.3, 0.4) is 0 Å². The van der Waals surface area contributed by atoms with Crippen LogP contribution < -0.4 is 5.32 Å². The molecule has 94 valence electrons. The molecule has 0 heterocycles. The van der Waals surface area contributed by atoms with Gasteiger partial charge in [-0.2, -0.15) is 0 Å². The molecule has 1 aromatic rings. The summed E-state index contributed by atoms with van der Waals surface area (Å²) in [4.78, 5) is 0. The molecule has 1 unspecified atom stereocenters. The molecule has 1 atom stereocenters. The summed E-state index contributed by atoms with van der Waals surface area (Å²) in [6, 6.07) is 2.25. The first kappa shape index (κ1) is 12.3. The third-order valence-corrected chi connectivity index (χ3v) is 3.35. The van der Waals surface area contributed by atoms with Gasteiger partial charge in [-0.15, -0.1) is 0 Å². The zero-order chi connectivity index (χ0) is 12.4. The Balaban J connectivity index is 1.99. The predicted molar refractivity (Wildman–Crippen MR) is 61.4 cm³/mol. The van der Waals surface area contributed by atoms with E-state index in [1.807, 2.05) is 6.92 Å². The molecule has 0 saturated heterocycles. The molecule has 0 aromatic heterocycles. The Bertz CT molecular complexity index is 402. The summed E-state index contributed by atoms with van der Waals surface area (Å²) < 4.78 is 39.1. The number of hydrogen-bond donors (Lipinski definition) is 1. The molecule has 17 heavy (non-hydrogen) atoms. The Labute approximate surface area is 99.0 Å². The van der Waals surface area contributed by atoms with E-state index in [-0.39, 0.29) is 11.7 Å². The third kappa shape index (κ3) is 2.73. The summed E-state index contributed by atoms with van der Waals surface area (Å²) >= 11 is 0. The van der Waals surface area contributed by atoms with E-state index >= 15 is 0 Å². The molecule has 1 N–H and O–H groups in total. The fraction of sp³-hybridized carbons (Fsp3) is 0.538. The fourth-order valence-electron chi connectivity index (χ4n) is 2.19. The molecule has 0 spiro atoms. The van der Waals surface area contributed by atoms with E-state index in [0.29, 0.717) is 5.92 Å². The molecule has 1 fully saturated rings. The zero-order valence-electron chi connectivity index (χ0n) is 9.77. The van der Waals surface area contributed by atoms with Crippen LogP contribution in [0.4, 0.5) is 18.9 Å². The zero-order valence-corrected chi connectivity index (χ0v) is 9.77. The highest BCUT2D eigenvalue weighted by molar-refractivity contribution is 5.46. The average molecular weight is 243 g/mol. The lowest BCUT2D eigenvalue weighted by atomic mass is 9.81. The lowest BCUT2D eigenvalue weighted by molar-refractivity contribution is 0.285. The smallest absolute Gasteiger partial charge is 0.196 e. The van der Waals surface area contributed by atoms with Gasteiger partial charge in [0.15, 0.2) is 17.5 Å². The molecular weight excluding hydrogens is 227 g/mol. The van der Waals surface area contributed by atoms with Gasteiger partial charge in [-0.05, 0) is 31.4 Å². The van der Waals surface area contributed by atoms with Gasteiger partial charge < -0.3 is 5.32 Å². The van der Waals surface area contributed by atoms with Crippen molar-refractivity contribution >= 4 is 5.69 Å². The van der Waals surface area contributed by atoms with Crippen LogP contribution in [0.25, 0.3) is 0 Å². The number of anilines is 1. The summed E-state index contributed by atoms with van der Waals surface area (Å²) in [5.41, 5.74) is 0.0377. The molecule has 1 aliphatic carbocycles. The van der Waals surface area contributed by atoms with Crippen molar-refractivity contribution in [1.29, 1.82) is 0 Å². The quantitative estimate of drug-likeness (QED) is 0.785. The van der Waals surface area contributed by atoms with Gasteiger partial charge in [-0.1, -0.05) is 19.3 Å². The van der Waals surface area contributed by atoms with E-state index in [1.165, 1.54) is 25.3 Å². The third-order valence-electron chi connectivity index (χ3n) is 3.35. The molecule has 1 aromatic carbocycles. The lowest BCUT2D eigenvalue weighted by Crippen LogP contribution is -2.23. The van der Waals surface area contributed by atoms with Gasteiger partial charge >= 0.3 is 0 Å². The van der Waals surface area contributed by atoms with Crippen LogP contribution >= 0.6 is 0 Å². The molecule has 0 aliphatic heterocycles. The van der Waals surface area contributed by atoms with Crippen molar-refractivity contribution in [1.82, 2.24) is 0 Å². The highest BCUT2D eigenvalue weighted by Crippen LogP contribution is 2.31. The Morgan fingerprint density at radius 1 is 1.24 bits per heavy atom. The van der Waals surface area contributed by atoms with Crippen molar-refractivity contribution in [2.24, 2.45) is 5.92 Å². The largest absolute Gasteiger partial charge is 0.380 e. The maximum atomic E-state index is 13.4. The van der Waals surface area contributed by atoms with Crippen molar-refractivity contribution in [2.75, 3.05) is 5.32 Å². The van der Waals surface area contributed by atoms with Crippen LogP contribution in [0.5, 0.6) is 0 Å². The van der Waals surface area contributed by atoms with E-state index in [1.54, 1.807) is 0 Å². The van der Waals surface area contributed by atoms with Crippen LogP contribution in [-0.2, 0) is 0 Å². The predicted octanol–water partition coefficient (Wildman–Crippen LogP) is 4.09. The number of hydrogen-bond acceptors (Lipinski definition) is 1. The Morgan fingerprint density at radius 2 is 1.94 bits per heavy atom. The minimum atomic E-state index is -1.41. The van der Waals surface area contributed by atoms with E-state index in [0.717, 1.165) is 12.5 Å². The molecule has 1 saturated carbocycles. The van der Waals surface area contributed by atoms with Gasteiger partial charge in [-0.25, -0.2) is 13.2 Å². The molecule has 0 amide bonds. The maximum absolute atomic E-state index is 13.4. The monoisotopic (exact) mass is 243 g/mol. The summed E-state index contributed by atoms with van der Waals surface area (Å²) in [6.45, 7) is 1.93. The standard InChI is InChI=1S/C13H16F3N/c1-8(7-9-3-2-4-9)17-11-6-5-10(14)12(15)13(11)16/h5-6,8-9,17H,2-4,7H2,1H3. The van der Waals surface area contributed by atoms with Crippen molar-refractivity contribution in [2.45, 2.75) is 38.6 Å². The Morgan fingerprint density at radius 3 is 2.53 bits per heavy atom. The second kappa shape index (κ2) is 4.98. The second-order valence-corrected chi connectivity index (χ2v) is 4.80. The minimum absolute atomic E-state index is 0.0377. The Kier molecular flexibility index (Phi) is 3.60. The summed E-state index contributed by atoms with van der Waals surface area (Å²) in [6.07, 6.45) is 4.63. The molecular formula is C13H16F3N. The van der Waals surface area contributed by atoms with E-state index in [9.17, 15) is 13.2 Å². The van der Waals surface area contributed by atoms with Crippen LogP contribution in [0, 0.1) is 23.4 Å². The van der Waals surface area contributed by atoms with E-state index < -0.39 is 17.5 Å². The number of nitrogens with one attached hydrogen (secondary N) is 1. The van der Waals surface area contributed by atoms with Crippen LogP contribution in [0.2, 0.25) is 0 Å².